The number of nitrogens with one attached hydrogen (secondary N) is 1. The minimum Gasteiger partial charge on any atom is -0.439 e. The van der Waals surface area contributed by atoms with Gasteiger partial charge in [-0.15, -0.1) is 0 Å². The van der Waals surface area contributed by atoms with E-state index in [9.17, 15) is 0 Å². The summed E-state index contributed by atoms with van der Waals surface area (Å²) in [6, 6.07) is 0. The summed E-state index contributed by atoms with van der Waals surface area (Å²) in [6.45, 7) is 2.59. The molecule has 0 saturated carbocycles. The van der Waals surface area contributed by atoms with Gasteiger partial charge >= 0.3 is 0 Å². The van der Waals surface area contributed by atoms with Crippen molar-refractivity contribution in [2.75, 3.05) is 7.05 Å². The van der Waals surface area contributed by atoms with E-state index in [4.69, 9.17) is 4.42 Å². The Morgan fingerprint density at radius 3 is 2.93 bits per heavy atom. The van der Waals surface area contributed by atoms with Gasteiger partial charge in [0.05, 0.1) is 24.0 Å². The van der Waals surface area contributed by atoms with Crippen LogP contribution in [0.5, 0.6) is 0 Å². The molecule has 0 unspecified atom stereocenters. The van der Waals surface area contributed by atoms with E-state index >= 15 is 0 Å². The predicted molar refractivity (Wildman–Crippen MR) is 56.2 cm³/mol. The number of nitrogens with zero attached hydrogens (tertiary/aromatic N) is 3. The zero-order valence-electron chi connectivity index (χ0n) is 9.11. The van der Waals surface area contributed by atoms with Crippen LogP contribution < -0.4 is 5.32 Å². The molecule has 0 aliphatic heterocycles. The first-order chi connectivity index (χ1) is 7.20. The van der Waals surface area contributed by atoms with Gasteiger partial charge in [0.15, 0.2) is 5.76 Å². The summed E-state index contributed by atoms with van der Waals surface area (Å²) in [4.78, 5) is 4.17. The third-order valence-corrected chi connectivity index (χ3v) is 2.16. The molecule has 0 radical (unpaired) electrons. The second-order valence-electron chi connectivity index (χ2n) is 3.45. The average Bonchev–Trinajstić information content (AvgIpc) is 2.73. The molecule has 2 heterocycles. The molecule has 0 spiro atoms. The average molecular weight is 206 g/mol. The monoisotopic (exact) mass is 206 g/mol. The Morgan fingerprint density at radius 2 is 2.33 bits per heavy atom. The van der Waals surface area contributed by atoms with Crippen molar-refractivity contribution < 1.29 is 4.42 Å². The van der Waals surface area contributed by atoms with Gasteiger partial charge in [0.1, 0.15) is 0 Å². The lowest BCUT2D eigenvalue weighted by Gasteiger charge is -1.92. The van der Waals surface area contributed by atoms with Crippen molar-refractivity contribution in [2.24, 2.45) is 7.05 Å². The Morgan fingerprint density at radius 1 is 1.53 bits per heavy atom. The van der Waals surface area contributed by atoms with Crippen molar-refractivity contribution in [2.45, 2.75) is 13.5 Å². The highest BCUT2D eigenvalue weighted by molar-refractivity contribution is 5.58. The molecule has 80 valence electrons. The number of oxazole rings is 1. The van der Waals surface area contributed by atoms with Crippen LogP contribution in [0, 0.1) is 6.92 Å². The Hall–Kier alpha value is -1.62. The lowest BCUT2D eigenvalue weighted by atomic mass is 10.2. The van der Waals surface area contributed by atoms with Crippen molar-refractivity contribution >= 4 is 0 Å². The normalized spacial score (nSPS) is 10.9. The lowest BCUT2D eigenvalue weighted by Crippen LogP contribution is -2.04. The smallest absolute Gasteiger partial charge is 0.208 e. The molecule has 15 heavy (non-hydrogen) atoms. The summed E-state index contributed by atoms with van der Waals surface area (Å²) < 4.78 is 7.35. The Kier molecular flexibility index (Phi) is 2.55. The number of aromatic nitrogens is 3. The van der Waals surface area contributed by atoms with Crippen LogP contribution in [-0.4, -0.2) is 21.8 Å². The quantitative estimate of drug-likeness (QED) is 0.817. The largest absolute Gasteiger partial charge is 0.439 e. The third-order valence-electron chi connectivity index (χ3n) is 2.16. The molecule has 0 fully saturated rings. The zero-order valence-corrected chi connectivity index (χ0v) is 9.11. The fourth-order valence-corrected chi connectivity index (χ4v) is 1.51. The van der Waals surface area contributed by atoms with Gasteiger partial charge < -0.3 is 9.73 Å². The molecule has 0 atom stereocenters. The standard InChI is InChI=1S/C10H14N4O/c1-7-8(6-14(3)13-7)9-4-12-10(15-9)5-11-2/h4,6,11H,5H2,1-3H3. The van der Waals surface area contributed by atoms with Gasteiger partial charge in [-0.1, -0.05) is 0 Å². The Bertz CT molecular complexity index is 458. The molecular weight excluding hydrogens is 192 g/mol. The number of hydrogen-bond acceptors (Lipinski definition) is 4. The summed E-state index contributed by atoms with van der Waals surface area (Å²) in [5, 5.41) is 7.25. The van der Waals surface area contributed by atoms with E-state index in [-0.39, 0.29) is 0 Å². The summed E-state index contributed by atoms with van der Waals surface area (Å²) >= 11 is 0. The molecule has 1 N–H and O–H groups in total. The molecular formula is C10H14N4O. The summed E-state index contributed by atoms with van der Waals surface area (Å²) in [6.07, 6.45) is 3.66. The van der Waals surface area contributed by atoms with Crippen molar-refractivity contribution in [3.63, 3.8) is 0 Å². The fraction of sp³-hybridized carbons (Fsp3) is 0.400. The van der Waals surface area contributed by atoms with Crippen LogP contribution in [0.25, 0.3) is 11.3 Å². The number of aryl methyl sites for hydroxylation is 2. The van der Waals surface area contributed by atoms with Crippen molar-refractivity contribution in [3.8, 4) is 11.3 Å². The van der Waals surface area contributed by atoms with Crippen molar-refractivity contribution in [1.29, 1.82) is 0 Å². The van der Waals surface area contributed by atoms with Crippen molar-refractivity contribution in [1.82, 2.24) is 20.1 Å². The highest BCUT2D eigenvalue weighted by Crippen LogP contribution is 2.22. The van der Waals surface area contributed by atoms with Crippen LogP contribution in [0.15, 0.2) is 16.8 Å². The Labute approximate surface area is 88.1 Å². The maximum absolute atomic E-state index is 5.58. The molecule has 0 aromatic carbocycles. The van der Waals surface area contributed by atoms with Crippen LogP contribution in [0.4, 0.5) is 0 Å². The SMILES string of the molecule is CNCc1ncc(-c2cn(C)nc2C)o1. The van der Waals surface area contributed by atoms with E-state index in [1.807, 2.05) is 27.2 Å². The predicted octanol–water partition coefficient (Wildman–Crippen LogP) is 1.10. The molecule has 5 nitrogen and oxygen atoms in total. The first-order valence-electron chi connectivity index (χ1n) is 4.80. The second-order valence-corrected chi connectivity index (χ2v) is 3.45. The van der Waals surface area contributed by atoms with Gasteiger partial charge in [0.25, 0.3) is 0 Å². The molecule has 2 rings (SSSR count). The number of rotatable bonds is 3. The van der Waals surface area contributed by atoms with E-state index < -0.39 is 0 Å². The maximum atomic E-state index is 5.58. The highest BCUT2D eigenvalue weighted by Gasteiger charge is 2.10. The molecule has 0 amide bonds. The minimum absolute atomic E-state index is 0.638. The Balaban J connectivity index is 2.32. The first kappa shape index (κ1) is 9.92. The van der Waals surface area contributed by atoms with E-state index in [0.29, 0.717) is 12.4 Å². The van der Waals surface area contributed by atoms with Gasteiger partial charge in [-0.2, -0.15) is 5.10 Å². The van der Waals surface area contributed by atoms with E-state index in [1.54, 1.807) is 10.9 Å². The van der Waals surface area contributed by atoms with Crippen LogP contribution in [-0.2, 0) is 13.6 Å². The minimum atomic E-state index is 0.638. The second kappa shape index (κ2) is 3.86. The topological polar surface area (TPSA) is 55.9 Å². The molecule has 0 aliphatic carbocycles. The fourth-order valence-electron chi connectivity index (χ4n) is 1.51. The van der Waals surface area contributed by atoms with Crippen LogP contribution in [0.1, 0.15) is 11.6 Å². The summed E-state index contributed by atoms with van der Waals surface area (Å²) in [7, 11) is 3.75. The van der Waals surface area contributed by atoms with Crippen LogP contribution in [0.2, 0.25) is 0 Å². The van der Waals surface area contributed by atoms with E-state index in [2.05, 4.69) is 15.4 Å². The molecule has 0 bridgehead atoms. The summed E-state index contributed by atoms with van der Waals surface area (Å²) in [5.74, 6) is 1.46. The van der Waals surface area contributed by atoms with Gasteiger partial charge in [0, 0.05) is 13.2 Å². The van der Waals surface area contributed by atoms with Gasteiger partial charge in [0.2, 0.25) is 5.89 Å². The summed E-state index contributed by atoms with van der Waals surface area (Å²) in [5.41, 5.74) is 1.94. The maximum Gasteiger partial charge on any atom is 0.208 e. The molecule has 5 heteroatoms. The van der Waals surface area contributed by atoms with Gasteiger partial charge in [-0.25, -0.2) is 4.98 Å². The zero-order chi connectivity index (χ0) is 10.8. The number of hydrogen-bond donors (Lipinski definition) is 1. The van der Waals surface area contributed by atoms with Crippen LogP contribution >= 0.6 is 0 Å². The van der Waals surface area contributed by atoms with Gasteiger partial charge in [-0.05, 0) is 14.0 Å². The molecule has 0 saturated heterocycles. The first-order valence-corrected chi connectivity index (χ1v) is 4.80. The molecule has 0 aliphatic rings. The highest BCUT2D eigenvalue weighted by atomic mass is 16.4. The molecule has 2 aromatic heterocycles. The third kappa shape index (κ3) is 1.92. The van der Waals surface area contributed by atoms with Gasteiger partial charge in [-0.3, -0.25) is 4.68 Å². The van der Waals surface area contributed by atoms with E-state index in [1.165, 1.54) is 0 Å². The van der Waals surface area contributed by atoms with Crippen molar-refractivity contribution in [3.05, 3.63) is 24.0 Å². The van der Waals surface area contributed by atoms with Crippen LogP contribution in [0.3, 0.4) is 0 Å². The lowest BCUT2D eigenvalue weighted by molar-refractivity contribution is 0.490. The molecule has 2 aromatic rings. The van der Waals surface area contributed by atoms with E-state index in [0.717, 1.165) is 17.0 Å².